The van der Waals surface area contributed by atoms with E-state index >= 15 is 0 Å². The highest BCUT2D eigenvalue weighted by atomic mass is 16.5. The minimum atomic E-state index is -0.320. The molecule has 142 valence electrons. The second kappa shape index (κ2) is 6.83. The predicted molar refractivity (Wildman–Crippen MR) is 110 cm³/mol. The number of carbonyl (C=O) groups excluding carboxylic acids is 1. The van der Waals surface area contributed by atoms with Crippen LogP contribution >= 0.6 is 0 Å². The third-order valence-corrected chi connectivity index (χ3v) is 4.63. The van der Waals surface area contributed by atoms with Crippen LogP contribution in [0.5, 0.6) is 5.75 Å². The Balaban J connectivity index is 1.41. The Morgan fingerprint density at radius 3 is 2.55 bits per heavy atom. The quantitative estimate of drug-likeness (QED) is 0.443. The molecule has 0 radical (unpaired) electrons. The molecule has 1 amide bonds. The second-order valence-corrected chi connectivity index (χ2v) is 6.53. The van der Waals surface area contributed by atoms with Crippen LogP contribution in [0, 0.1) is 0 Å². The van der Waals surface area contributed by atoms with Crippen molar-refractivity contribution in [2.24, 2.45) is 0 Å². The van der Waals surface area contributed by atoms with E-state index in [1.165, 1.54) is 0 Å². The molecule has 29 heavy (non-hydrogen) atoms. The summed E-state index contributed by atoms with van der Waals surface area (Å²) in [4.78, 5) is 17.1. The van der Waals surface area contributed by atoms with E-state index in [0.717, 1.165) is 16.7 Å². The number of anilines is 1. The van der Waals surface area contributed by atoms with Crippen molar-refractivity contribution in [1.82, 2.24) is 4.98 Å². The number of rotatable bonds is 4. The lowest BCUT2D eigenvalue weighted by Crippen LogP contribution is -2.10. The van der Waals surface area contributed by atoms with Crippen LogP contribution in [0.1, 0.15) is 10.6 Å². The van der Waals surface area contributed by atoms with Gasteiger partial charge in [-0.2, -0.15) is 0 Å². The van der Waals surface area contributed by atoms with Gasteiger partial charge in [-0.3, -0.25) is 4.79 Å². The first kappa shape index (κ1) is 17.1. The summed E-state index contributed by atoms with van der Waals surface area (Å²) in [6.45, 7) is 0. The van der Waals surface area contributed by atoms with E-state index in [2.05, 4.69) is 10.3 Å². The Kier molecular flexibility index (Phi) is 4.02. The topological polar surface area (TPSA) is 77.5 Å². The zero-order valence-corrected chi connectivity index (χ0v) is 15.5. The van der Waals surface area contributed by atoms with Crippen LogP contribution in [0.25, 0.3) is 33.5 Å². The molecule has 6 nitrogen and oxygen atoms in total. The molecule has 0 atom stereocenters. The lowest BCUT2D eigenvalue weighted by molar-refractivity contribution is 0.0998. The molecule has 0 saturated heterocycles. The maximum absolute atomic E-state index is 12.5. The number of fused-ring (bicyclic) bond motifs is 2. The van der Waals surface area contributed by atoms with Crippen LogP contribution < -0.4 is 10.1 Å². The number of hydrogen-bond donors (Lipinski definition) is 1. The van der Waals surface area contributed by atoms with Gasteiger partial charge in [-0.25, -0.2) is 4.98 Å². The SMILES string of the molecule is COc1ccc(-c2nc3cc(NC(=O)c4cc5ccccc5o4)ccc3o2)cc1. The third-order valence-electron chi connectivity index (χ3n) is 4.63. The summed E-state index contributed by atoms with van der Waals surface area (Å²) in [5.41, 5.74) is 3.41. The Labute approximate surface area is 165 Å². The van der Waals surface area contributed by atoms with Crippen molar-refractivity contribution in [3.05, 3.63) is 78.6 Å². The van der Waals surface area contributed by atoms with Gasteiger partial charge in [0, 0.05) is 16.6 Å². The Hall–Kier alpha value is -4.06. The molecule has 0 spiro atoms. The minimum absolute atomic E-state index is 0.255. The normalized spacial score (nSPS) is 11.1. The van der Waals surface area contributed by atoms with E-state index in [0.29, 0.717) is 28.3 Å². The van der Waals surface area contributed by atoms with Crippen molar-refractivity contribution in [1.29, 1.82) is 0 Å². The number of ether oxygens (including phenoxy) is 1. The molecule has 0 aliphatic carbocycles. The lowest BCUT2D eigenvalue weighted by atomic mass is 10.2. The van der Waals surface area contributed by atoms with Gasteiger partial charge in [0.25, 0.3) is 5.91 Å². The average molecular weight is 384 g/mol. The van der Waals surface area contributed by atoms with E-state index in [1.54, 1.807) is 31.4 Å². The van der Waals surface area contributed by atoms with Crippen molar-refractivity contribution < 1.29 is 18.4 Å². The largest absolute Gasteiger partial charge is 0.497 e. The molecule has 5 rings (SSSR count). The summed E-state index contributed by atoms with van der Waals surface area (Å²) in [7, 11) is 1.62. The lowest BCUT2D eigenvalue weighted by Gasteiger charge is -2.02. The summed E-state index contributed by atoms with van der Waals surface area (Å²) < 4.78 is 16.6. The molecule has 0 saturated carbocycles. The van der Waals surface area contributed by atoms with Gasteiger partial charge in [-0.15, -0.1) is 0 Å². The number of carbonyl (C=O) groups is 1. The maximum atomic E-state index is 12.5. The molecule has 3 aromatic carbocycles. The van der Waals surface area contributed by atoms with E-state index < -0.39 is 0 Å². The number of benzene rings is 3. The van der Waals surface area contributed by atoms with Crippen LogP contribution in [-0.4, -0.2) is 18.0 Å². The van der Waals surface area contributed by atoms with E-state index in [9.17, 15) is 4.79 Å². The molecular formula is C23H16N2O4. The zero-order valence-electron chi connectivity index (χ0n) is 15.5. The highest BCUT2D eigenvalue weighted by molar-refractivity contribution is 6.05. The van der Waals surface area contributed by atoms with E-state index in [4.69, 9.17) is 13.6 Å². The summed E-state index contributed by atoms with van der Waals surface area (Å²) >= 11 is 0. The van der Waals surface area contributed by atoms with Gasteiger partial charge in [0.2, 0.25) is 5.89 Å². The van der Waals surface area contributed by atoms with Gasteiger partial charge >= 0.3 is 0 Å². The fraction of sp³-hybridized carbons (Fsp3) is 0.0435. The smallest absolute Gasteiger partial charge is 0.291 e. The first-order chi connectivity index (χ1) is 14.2. The van der Waals surface area contributed by atoms with Crippen molar-refractivity contribution in [3.8, 4) is 17.2 Å². The fourth-order valence-corrected chi connectivity index (χ4v) is 3.15. The summed E-state index contributed by atoms with van der Waals surface area (Å²) in [5, 5.41) is 3.73. The molecule has 1 N–H and O–H groups in total. The minimum Gasteiger partial charge on any atom is -0.497 e. The molecule has 0 aliphatic heterocycles. The molecule has 0 unspecified atom stereocenters. The van der Waals surface area contributed by atoms with Crippen LogP contribution in [0.15, 0.2) is 81.6 Å². The van der Waals surface area contributed by atoms with Crippen LogP contribution in [-0.2, 0) is 0 Å². The zero-order chi connectivity index (χ0) is 19.8. The van der Waals surface area contributed by atoms with Gasteiger partial charge in [-0.05, 0) is 54.6 Å². The molecule has 2 aromatic heterocycles. The monoisotopic (exact) mass is 384 g/mol. The average Bonchev–Trinajstić information content (AvgIpc) is 3.37. The van der Waals surface area contributed by atoms with Crippen molar-refractivity contribution in [3.63, 3.8) is 0 Å². The number of hydrogen-bond acceptors (Lipinski definition) is 5. The molecule has 0 bridgehead atoms. The highest BCUT2D eigenvalue weighted by Gasteiger charge is 2.14. The summed E-state index contributed by atoms with van der Waals surface area (Å²) in [6.07, 6.45) is 0. The molecule has 2 heterocycles. The number of furan rings is 1. The molecule has 0 aliphatic rings. The van der Waals surface area contributed by atoms with Gasteiger partial charge in [0.05, 0.1) is 7.11 Å². The van der Waals surface area contributed by atoms with Crippen LogP contribution in [0.3, 0.4) is 0 Å². The number of nitrogens with one attached hydrogen (secondary N) is 1. The Morgan fingerprint density at radius 1 is 0.931 bits per heavy atom. The number of amides is 1. The van der Waals surface area contributed by atoms with Gasteiger partial charge in [0.15, 0.2) is 11.3 Å². The van der Waals surface area contributed by atoms with Gasteiger partial charge < -0.3 is 18.9 Å². The Bertz CT molecular complexity index is 1300. The number of methoxy groups -OCH3 is 1. The third kappa shape index (κ3) is 3.21. The number of nitrogens with zero attached hydrogens (tertiary/aromatic N) is 1. The van der Waals surface area contributed by atoms with Crippen molar-refractivity contribution in [2.75, 3.05) is 12.4 Å². The van der Waals surface area contributed by atoms with Crippen LogP contribution in [0.4, 0.5) is 5.69 Å². The molecular weight excluding hydrogens is 368 g/mol. The molecule has 6 heteroatoms. The van der Waals surface area contributed by atoms with Crippen molar-refractivity contribution in [2.45, 2.75) is 0 Å². The summed E-state index contributed by atoms with van der Waals surface area (Å²) in [5.74, 6) is 1.20. The number of aromatic nitrogens is 1. The molecule has 5 aromatic rings. The highest BCUT2D eigenvalue weighted by Crippen LogP contribution is 2.28. The van der Waals surface area contributed by atoms with Crippen LogP contribution in [0.2, 0.25) is 0 Å². The summed E-state index contributed by atoms with van der Waals surface area (Å²) in [6, 6.07) is 22.0. The number of oxazole rings is 1. The first-order valence-corrected chi connectivity index (χ1v) is 9.04. The standard InChI is InChI=1S/C23H16N2O4/c1-27-17-9-6-14(7-10-17)23-25-18-13-16(8-11-20(18)29-23)24-22(26)21-12-15-4-2-3-5-19(15)28-21/h2-13H,1H3,(H,24,26). The van der Waals surface area contributed by atoms with Crippen molar-refractivity contribution >= 4 is 33.7 Å². The van der Waals surface area contributed by atoms with E-state index in [1.807, 2.05) is 48.5 Å². The Morgan fingerprint density at radius 2 is 1.76 bits per heavy atom. The molecule has 0 fully saturated rings. The maximum Gasteiger partial charge on any atom is 0.291 e. The fourth-order valence-electron chi connectivity index (χ4n) is 3.15. The van der Waals surface area contributed by atoms with Gasteiger partial charge in [-0.1, -0.05) is 18.2 Å². The number of para-hydroxylation sites is 1. The first-order valence-electron chi connectivity index (χ1n) is 9.04. The van der Waals surface area contributed by atoms with Gasteiger partial charge in [0.1, 0.15) is 16.8 Å². The predicted octanol–water partition coefficient (Wildman–Crippen LogP) is 5.50. The second-order valence-electron chi connectivity index (χ2n) is 6.53. The van der Waals surface area contributed by atoms with E-state index in [-0.39, 0.29) is 11.7 Å².